The quantitative estimate of drug-likeness (QED) is 0.877. The van der Waals surface area contributed by atoms with Crippen LogP contribution in [0.25, 0.3) is 0 Å². The molecular formula is C15H21N3O2S. The molecule has 1 aliphatic heterocycles. The molecule has 0 bridgehead atoms. The molecule has 2 rings (SSSR count). The second kappa shape index (κ2) is 6.56. The number of benzene rings is 1. The first-order valence-electron chi connectivity index (χ1n) is 7.13. The zero-order valence-electron chi connectivity index (χ0n) is 12.2. The lowest BCUT2D eigenvalue weighted by atomic mass is 10.0. The van der Waals surface area contributed by atoms with E-state index in [1.54, 1.807) is 18.2 Å². The molecule has 5 nitrogen and oxygen atoms in total. The molecule has 0 radical (unpaired) electrons. The van der Waals surface area contributed by atoms with Crippen molar-refractivity contribution in [2.45, 2.75) is 24.3 Å². The average Bonchev–Trinajstić information content (AvgIpc) is 2.94. The molecule has 1 heterocycles. The second-order valence-corrected chi connectivity index (χ2v) is 7.78. The van der Waals surface area contributed by atoms with Crippen molar-refractivity contribution in [3.05, 3.63) is 29.8 Å². The van der Waals surface area contributed by atoms with Gasteiger partial charge in [-0.15, -0.1) is 0 Å². The minimum Gasteiger partial charge on any atom is -0.328 e. The molecule has 1 aromatic carbocycles. The van der Waals surface area contributed by atoms with Crippen LogP contribution in [-0.2, 0) is 9.84 Å². The summed E-state index contributed by atoms with van der Waals surface area (Å²) in [7, 11) is -3.34. The second-order valence-electron chi connectivity index (χ2n) is 5.67. The zero-order chi connectivity index (χ0) is 15.5. The first-order valence-corrected chi connectivity index (χ1v) is 8.78. The summed E-state index contributed by atoms with van der Waals surface area (Å²) in [6.07, 6.45) is 1.03. The van der Waals surface area contributed by atoms with Crippen molar-refractivity contribution in [1.29, 1.82) is 5.26 Å². The summed E-state index contributed by atoms with van der Waals surface area (Å²) in [6.45, 7) is 4.28. The van der Waals surface area contributed by atoms with E-state index in [9.17, 15) is 8.42 Å². The van der Waals surface area contributed by atoms with Crippen LogP contribution in [0.1, 0.15) is 18.9 Å². The summed E-state index contributed by atoms with van der Waals surface area (Å²) < 4.78 is 24.6. The molecule has 1 aliphatic rings. The van der Waals surface area contributed by atoms with E-state index in [1.165, 1.54) is 6.07 Å². The average molecular weight is 307 g/mol. The maximum atomic E-state index is 12.3. The number of hydrogen-bond donors (Lipinski definition) is 1. The molecule has 1 saturated heterocycles. The molecule has 0 aromatic heterocycles. The van der Waals surface area contributed by atoms with Crippen LogP contribution in [0.2, 0.25) is 0 Å². The molecule has 0 spiro atoms. The van der Waals surface area contributed by atoms with Gasteiger partial charge in [-0.25, -0.2) is 8.42 Å². The highest BCUT2D eigenvalue weighted by Crippen LogP contribution is 2.19. The Morgan fingerprint density at radius 2 is 2.29 bits per heavy atom. The van der Waals surface area contributed by atoms with E-state index >= 15 is 0 Å². The minimum atomic E-state index is -3.34. The van der Waals surface area contributed by atoms with E-state index in [1.807, 2.05) is 13.0 Å². The van der Waals surface area contributed by atoms with Gasteiger partial charge >= 0.3 is 0 Å². The van der Waals surface area contributed by atoms with Gasteiger partial charge in [0, 0.05) is 19.1 Å². The van der Waals surface area contributed by atoms with Gasteiger partial charge < -0.3 is 10.6 Å². The topological polar surface area (TPSA) is 87.2 Å². The monoisotopic (exact) mass is 307 g/mol. The third kappa shape index (κ3) is 4.03. The first-order chi connectivity index (χ1) is 9.92. The van der Waals surface area contributed by atoms with Crippen LogP contribution >= 0.6 is 0 Å². The Kier molecular flexibility index (Phi) is 4.99. The number of hydrogen-bond acceptors (Lipinski definition) is 5. The summed E-state index contributed by atoms with van der Waals surface area (Å²) in [5.41, 5.74) is 6.26. The molecule has 114 valence electrons. The van der Waals surface area contributed by atoms with E-state index < -0.39 is 9.84 Å². The summed E-state index contributed by atoms with van der Waals surface area (Å²) in [5.74, 6) is 0.530. The highest BCUT2D eigenvalue weighted by molar-refractivity contribution is 7.91. The lowest BCUT2D eigenvalue weighted by molar-refractivity contribution is 0.332. The summed E-state index contributed by atoms with van der Waals surface area (Å²) in [6, 6.07) is 8.31. The van der Waals surface area contributed by atoms with Crippen molar-refractivity contribution in [1.82, 2.24) is 4.90 Å². The van der Waals surface area contributed by atoms with Gasteiger partial charge in [0.15, 0.2) is 9.84 Å². The fourth-order valence-corrected chi connectivity index (χ4v) is 3.95. The Morgan fingerprint density at radius 1 is 1.52 bits per heavy atom. The third-order valence-electron chi connectivity index (χ3n) is 4.05. The van der Waals surface area contributed by atoms with Gasteiger partial charge in [-0.1, -0.05) is 6.07 Å². The fourth-order valence-electron chi connectivity index (χ4n) is 2.62. The normalized spacial score (nSPS) is 21.1. The number of sulfone groups is 1. The van der Waals surface area contributed by atoms with Crippen LogP contribution < -0.4 is 5.73 Å². The van der Waals surface area contributed by atoms with Crippen molar-refractivity contribution in [2.24, 2.45) is 11.7 Å². The van der Waals surface area contributed by atoms with Gasteiger partial charge in [-0.05, 0) is 44.0 Å². The number of rotatable bonds is 5. The Balaban J connectivity index is 1.98. The van der Waals surface area contributed by atoms with Gasteiger partial charge in [0.1, 0.15) is 0 Å². The van der Waals surface area contributed by atoms with Crippen molar-refractivity contribution in [3.63, 3.8) is 0 Å². The molecule has 6 heteroatoms. The van der Waals surface area contributed by atoms with Gasteiger partial charge in [0.25, 0.3) is 0 Å². The molecule has 0 aliphatic carbocycles. The molecule has 2 unspecified atom stereocenters. The van der Waals surface area contributed by atoms with E-state index in [0.717, 1.165) is 19.5 Å². The molecule has 0 saturated carbocycles. The maximum absolute atomic E-state index is 12.3. The Hall–Kier alpha value is -1.42. The van der Waals surface area contributed by atoms with Crippen LogP contribution in [-0.4, -0.2) is 44.7 Å². The Bertz CT molecular complexity index is 635. The minimum absolute atomic E-state index is 0.0769. The predicted octanol–water partition coefficient (Wildman–Crippen LogP) is 1.00. The Morgan fingerprint density at radius 3 is 2.90 bits per heavy atom. The maximum Gasteiger partial charge on any atom is 0.179 e. The van der Waals surface area contributed by atoms with E-state index in [-0.39, 0.29) is 16.7 Å². The predicted molar refractivity (Wildman–Crippen MR) is 81.4 cm³/mol. The number of likely N-dealkylation sites (tertiary alicyclic amines) is 1. The van der Waals surface area contributed by atoms with Gasteiger partial charge in [-0.2, -0.15) is 5.26 Å². The lowest BCUT2D eigenvalue weighted by Gasteiger charge is -2.17. The number of nitrogens with two attached hydrogens (primary N) is 1. The number of nitrogens with zero attached hydrogens (tertiary/aromatic N) is 2. The van der Waals surface area contributed by atoms with Crippen LogP contribution in [0, 0.1) is 17.2 Å². The lowest BCUT2D eigenvalue weighted by Crippen LogP contribution is -2.32. The SMILES string of the molecule is CC(N)C1CCN(CCS(=O)(=O)c2cccc(C#N)c2)C1. The molecule has 21 heavy (non-hydrogen) atoms. The highest BCUT2D eigenvalue weighted by Gasteiger charge is 2.26. The van der Waals surface area contributed by atoms with E-state index in [4.69, 9.17) is 11.0 Å². The molecule has 2 N–H and O–H groups in total. The molecule has 0 amide bonds. The van der Waals surface area contributed by atoms with Crippen molar-refractivity contribution in [2.75, 3.05) is 25.4 Å². The fraction of sp³-hybridized carbons (Fsp3) is 0.533. The highest BCUT2D eigenvalue weighted by atomic mass is 32.2. The zero-order valence-corrected chi connectivity index (χ0v) is 13.0. The van der Waals surface area contributed by atoms with Crippen LogP contribution in [0.3, 0.4) is 0 Å². The molecule has 2 atom stereocenters. The van der Waals surface area contributed by atoms with E-state index in [0.29, 0.717) is 18.0 Å². The van der Waals surface area contributed by atoms with Crippen molar-refractivity contribution in [3.8, 4) is 6.07 Å². The first kappa shape index (κ1) is 16.0. The molecular weight excluding hydrogens is 286 g/mol. The summed E-state index contributed by atoms with van der Waals surface area (Å²) >= 11 is 0. The Labute approximate surface area is 126 Å². The van der Waals surface area contributed by atoms with Gasteiger partial charge in [-0.3, -0.25) is 0 Å². The summed E-state index contributed by atoms with van der Waals surface area (Å²) in [4.78, 5) is 2.38. The largest absolute Gasteiger partial charge is 0.328 e. The molecule has 1 aromatic rings. The third-order valence-corrected chi connectivity index (χ3v) is 5.74. The van der Waals surface area contributed by atoms with Crippen LogP contribution in [0.4, 0.5) is 0 Å². The van der Waals surface area contributed by atoms with Gasteiger partial charge in [0.05, 0.1) is 22.3 Å². The van der Waals surface area contributed by atoms with Crippen molar-refractivity contribution >= 4 is 9.84 Å². The summed E-state index contributed by atoms with van der Waals surface area (Å²) in [5, 5.41) is 8.85. The standard InChI is InChI=1S/C15H21N3O2S/c1-12(17)14-5-6-18(11-14)7-8-21(19,20)15-4-2-3-13(9-15)10-16/h2-4,9,12,14H,5-8,11,17H2,1H3. The molecule has 1 fully saturated rings. The smallest absolute Gasteiger partial charge is 0.179 e. The van der Waals surface area contributed by atoms with Gasteiger partial charge in [0.2, 0.25) is 0 Å². The van der Waals surface area contributed by atoms with E-state index in [2.05, 4.69) is 4.90 Å². The van der Waals surface area contributed by atoms with Crippen LogP contribution in [0.15, 0.2) is 29.2 Å². The van der Waals surface area contributed by atoms with Crippen LogP contribution in [0.5, 0.6) is 0 Å². The van der Waals surface area contributed by atoms with Crippen molar-refractivity contribution < 1.29 is 8.42 Å². The number of nitriles is 1.